The van der Waals surface area contributed by atoms with Gasteiger partial charge in [0.1, 0.15) is 5.82 Å². The van der Waals surface area contributed by atoms with Crippen LogP contribution in [0.1, 0.15) is 31.2 Å². The molecule has 1 atom stereocenters. The Morgan fingerprint density at radius 3 is 2.67 bits per heavy atom. The van der Waals surface area contributed by atoms with Crippen LogP contribution in [0.2, 0.25) is 0 Å². The summed E-state index contributed by atoms with van der Waals surface area (Å²) >= 11 is 0. The van der Waals surface area contributed by atoms with Crippen LogP contribution in [0.3, 0.4) is 0 Å². The summed E-state index contributed by atoms with van der Waals surface area (Å²) in [5.41, 5.74) is 0.582. The highest BCUT2D eigenvalue weighted by atomic mass is 19.1. The molecule has 1 heterocycles. The summed E-state index contributed by atoms with van der Waals surface area (Å²) in [6.45, 7) is 1.73. The van der Waals surface area contributed by atoms with Crippen LogP contribution in [-0.4, -0.2) is 24.2 Å². The van der Waals surface area contributed by atoms with Crippen molar-refractivity contribution in [1.82, 2.24) is 5.32 Å². The Bertz CT molecular complexity index is 408. The van der Waals surface area contributed by atoms with E-state index in [1.807, 2.05) is 0 Å². The predicted octanol–water partition coefficient (Wildman–Crippen LogP) is 2.31. The van der Waals surface area contributed by atoms with E-state index in [9.17, 15) is 9.18 Å². The number of carboxylic acid groups (broad SMARTS) is 1. The summed E-state index contributed by atoms with van der Waals surface area (Å²) < 4.78 is 13.0. The maximum atomic E-state index is 13.0. The number of hydrogen-bond donors (Lipinski definition) is 2. The molecule has 1 aromatic carbocycles. The van der Waals surface area contributed by atoms with Crippen molar-refractivity contribution in [2.45, 2.75) is 31.1 Å². The van der Waals surface area contributed by atoms with Crippen LogP contribution in [0.4, 0.5) is 4.39 Å². The molecule has 18 heavy (non-hydrogen) atoms. The maximum absolute atomic E-state index is 13.0. The fraction of sp³-hybridized carbons (Fsp3) is 0.500. The maximum Gasteiger partial charge on any atom is 0.304 e. The quantitative estimate of drug-likeness (QED) is 0.866. The van der Waals surface area contributed by atoms with Gasteiger partial charge in [-0.3, -0.25) is 4.79 Å². The molecule has 98 valence electrons. The van der Waals surface area contributed by atoms with E-state index in [0.717, 1.165) is 37.9 Å². The van der Waals surface area contributed by atoms with Crippen molar-refractivity contribution < 1.29 is 14.3 Å². The number of rotatable bonds is 3. The van der Waals surface area contributed by atoms with E-state index in [1.165, 1.54) is 12.1 Å². The minimum atomic E-state index is -0.791. The molecule has 0 aromatic heterocycles. The zero-order valence-electron chi connectivity index (χ0n) is 10.3. The lowest BCUT2D eigenvalue weighted by molar-refractivity contribution is -0.138. The summed E-state index contributed by atoms with van der Waals surface area (Å²) in [7, 11) is 0. The van der Waals surface area contributed by atoms with Crippen molar-refractivity contribution >= 4 is 5.97 Å². The lowest BCUT2D eigenvalue weighted by Gasteiger charge is -2.31. The van der Waals surface area contributed by atoms with Crippen LogP contribution in [0.15, 0.2) is 24.3 Å². The highest BCUT2D eigenvalue weighted by Gasteiger charge is 2.35. The van der Waals surface area contributed by atoms with E-state index < -0.39 is 5.97 Å². The first-order chi connectivity index (χ1) is 8.62. The van der Waals surface area contributed by atoms with Crippen LogP contribution in [0.25, 0.3) is 0 Å². The molecule has 1 fully saturated rings. The summed E-state index contributed by atoms with van der Waals surface area (Å²) in [6, 6.07) is 6.28. The molecule has 0 spiro atoms. The zero-order chi connectivity index (χ0) is 13.0. The van der Waals surface area contributed by atoms with Crippen molar-refractivity contribution in [3.63, 3.8) is 0 Å². The molecular formula is C14H18FNO2. The molecule has 1 unspecified atom stereocenters. The minimum absolute atomic E-state index is 0.111. The Morgan fingerprint density at radius 2 is 2.00 bits per heavy atom. The first-order valence-electron chi connectivity index (χ1n) is 6.31. The van der Waals surface area contributed by atoms with Gasteiger partial charge in [0.15, 0.2) is 0 Å². The Kier molecular flexibility index (Phi) is 3.97. The summed E-state index contributed by atoms with van der Waals surface area (Å²) in [4.78, 5) is 11.1. The molecule has 0 radical (unpaired) electrons. The Hall–Kier alpha value is -1.42. The first-order valence-corrected chi connectivity index (χ1v) is 6.31. The third-order valence-corrected chi connectivity index (χ3v) is 3.74. The van der Waals surface area contributed by atoms with E-state index in [4.69, 9.17) is 5.11 Å². The predicted molar refractivity (Wildman–Crippen MR) is 67.1 cm³/mol. The van der Waals surface area contributed by atoms with Gasteiger partial charge in [0.05, 0.1) is 6.42 Å². The highest BCUT2D eigenvalue weighted by Crippen LogP contribution is 2.37. The molecular weight excluding hydrogens is 233 g/mol. The average Bonchev–Trinajstić information content (AvgIpc) is 2.55. The molecule has 4 heteroatoms. The molecule has 1 aliphatic rings. The lowest BCUT2D eigenvalue weighted by atomic mass is 9.72. The molecule has 3 nitrogen and oxygen atoms in total. The van der Waals surface area contributed by atoms with Gasteiger partial charge in [-0.15, -0.1) is 0 Å². The summed E-state index contributed by atoms with van der Waals surface area (Å²) in [6.07, 6.45) is 2.67. The van der Waals surface area contributed by atoms with Gasteiger partial charge in [0.25, 0.3) is 0 Å². The molecule has 1 aliphatic heterocycles. The molecule has 1 aromatic rings. The number of nitrogens with one attached hydrogen (secondary N) is 1. The van der Waals surface area contributed by atoms with Gasteiger partial charge < -0.3 is 10.4 Å². The Balaban J connectivity index is 2.33. The average molecular weight is 251 g/mol. The van der Waals surface area contributed by atoms with Crippen LogP contribution < -0.4 is 5.32 Å². The lowest BCUT2D eigenvalue weighted by Crippen LogP contribution is -2.30. The summed E-state index contributed by atoms with van der Waals surface area (Å²) in [5.74, 6) is -1.07. The number of aliphatic carboxylic acids is 1. The number of carboxylic acids is 1. The van der Waals surface area contributed by atoms with E-state index in [2.05, 4.69) is 5.32 Å². The zero-order valence-corrected chi connectivity index (χ0v) is 10.3. The normalized spacial score (nSPS) is 24.5. The molecule has 0 bridgehead atoms. The van der Waals surface area contributed by atoms with Gasteiger partial charge in [0.2, 0.25) is 0 Å². The SMILES string of the molecule is O=C(O)CC1(c2ccc(F)cc2)CCCNCC1. The van der Waals surface area contributed by atoms with Crippen molar-refractivity contribution in [3.8, 4) is 0 Å². The largest absolute Gasteiger partial charge is 0.481 e. The van der Waals surface area contributed by atoms with Crippen molar-refractivity contribution in [2.75, 3.05) is 13.1 Å². The van der Waals surface area contributed by atoms with Gasteiger partial charge in [-0.05, 0) is 50.0 Å². The van der Waals surface area contributed by atoms with Gasteiger partial charge in [-0.2, -0.15) is 0 Å². The minimum Gasteiger partial charge on any atom is -0.481 e. The van der Waals surface area contributed by atoms with Crippen molar-refractivity contribution in [2.24, 2.45) is 0 Å². The van der Waals surface area contributed by atoms with Gasteiger partial charge in [-0.1, -0.05) is 12.1 Å². The van der Waals surface area contributed by atoms with Gasteiger partial charge in [0, 0.05) is 5.41 Å². The third-order valence-electron chi connectivity index (χ3n) is 3.74. The Morgan fingerprint density at radius 1 is 1.28 bits per heavy atom. The number of benzene rings is 1. The monoisotopic (exact) mass is 251 g/mol. The van der Waals surface area contributed by atoms with Crippen LogP contribution >= 0.6 is 0 Å². The topological polar surface area (TPSA) is 49.3 Å². The van der Waals surface area contributed by atoms with E-state index >= 15 is 0 Å². The number of hydrogen-bond acceptors (Lipinski definition) is 2. The molecule has 1 saturated heterocycles. The third kappa shape index (κ3) is 2.88. The van der Waals surface area contributed by atoms with E-state index in [-0.39, 0.29) is 17.7 Å². The molecule has 0 saturated carbocycles. The second kappa shape index (κ2) is 5.48. The van der Waals surface area contributed by atoms with Gasteiger partial charge in [-0.25, -0.2) is 4.39 Å². The highest BCUT2D eigenvalue weighted by molar-refractivity contribution is 5.69. The number of halogens is 1. The van der Waals surface area contributed by atoms with Crippen molar-refractivity contribution in [1.29, 1.82) is 0 Å². The van der Waals surface area contributed by atoms with Gasteiger partial charge >= 0.3 is 5.97 Å². The Labute approximate surface area is 106 Å². The van der Waals surface area contributed by atoms with Crippen molar-refractivity contribution in [3.05, 3.63) is 35.6 Å². The van der Waals surface area contributed by atoms with Crippen LogP contribution in [0, 0.1) is 5.82 Å². The number of carbonyl (C=O) groups is 1. The molecule has 0 aliphatic carbocycles. The van der Waals surface area contributed by atoms with E-state index in [0.29, 0.717) is 0 Å². The fourth-order valence-electron chi connectivity index (χ4n) is 2.79. The van der Waals surface area contributed by atoms with E-state index in [1.54, 1.807) is 12.1 Å². The van der Waals surface area contributed by atoms with Crippen LogP contribution in [0.5, 0.6) is 0 Å². The molecule has 2 N–H and O–H groups in total. The second-order valence-corrected chi connectivity index (χ2v) is 4.96. The first kappa shape index (κ1) is 13.0. The molecule has 2 rings (SSSR count). The molecule has 0 amide bonds. The summed E-state index contributed by atoms with van der Waals surface area (Å²) in [5, 5.41) is 12.4. The second-order valence-electron chi connectivity index (χ2n) is 4.96. The van der Waals surface area contributed by atoms with Crippen LogP contribution in [-0.2, 0) is 10.2 Å². The standard InChI is InChI=1S/C14H18FNO2/c15-12-4-2-11(3-5-12)14(10-13(17)18)6-1-8-16-9-7-14/h2-5,16H,1,6-10H2,(H,17,18). The smallest absolute Gasteiger partial charge is 0.304 e. The fourth-order valence-corrected chi connectivity index (χ4v) is 2.79.